The van der Waals surface area contributed by atoms with Crippen LogP contribution in [-0.4, -0.2) is 16.2 Å². The molecule has 0 saturated heterocycles. The Morgan fingerprint density at radius 2 is 1.18 bits per heavy atom. The Morgan fingerprint density at radius 1 is 0.500 bits per heavy atom. The number of benzene rings is 9. The summed E-state index contributed by atoms with van der Waals surface area (Å²) in [5.41, 5.74) is 8.17. The average Bonchev–Trinajstić information content (AvgIpc) is 3.83. The van der Waals surface area contributed by atoms with Gasteiger partial charge in [0, 0.05) is 43.7 Å². The van der Waals surface area contributed by atoms with E-state index in [1.54, 1.807) is 0 Å². The van der Waals surface area contributed by atoms with Gasteiger partial charge in [0.05, 0.1) is 11.0 Å². The van der Waals surface area contributed by atoms with Crippen LogP contribution in [0.15, 0.2) is 196 Å². The number of nitrogens with zero attached hydrogens (tertiary/aromatic N) is 3. The Bertz CT molecular complexity index is 3460. The Balaban J connectivity index is 1.03. The zero-order valence-electron chi connectivity index (χ0n) is 30.1. The number of amidine groups is 2. The van der Waals surface area contributed by atoms with Crippen molar-refractivity contribution in [3.8, 4) is 5.69 Å². The second-order valence-electron chi connectivity index (χ2n) is 14.6. The van der Waals surface area contributed by atoms with Crippen molar-refractivity contribution in [2.24, 2.45) is 9.98 Å². The standard InChI is InChI=1S/C51H32N4O/c1-2-13-35-30-36(21-20-31(35)10-1)50-52-49(53-51(54-50)42-17-9-19-45-47(42)40-16-7-8-18-44(40)56-45)34-22-26-37(27-23-34)55-43-29-25-32-11-3-5-14-38(32)46(43)41-28-24-33-12-4-6-15-39(33)48(41)55/h1-30,49H,(H,52,53,54). The van der Waals surface area contributed by atoms with E-state index in [9.17, 15) is 0 Å². The highest BCUT2D eigenvalue weighted by molar-refractivity contribution is 6.26. The van der Waals surface area contributed by atoms with Crippen LogP contribution in [0.1, 0.15) is 22.9 Å². The maximum Gasteiger partial charge on any atom is 0.159 e. The van der Waals surface area contributed by atoms with Crippen LogP contribution < -0.4 is 5.32 Å². The molecule has 2 aromatic heterocycles. The topological polar surface area (TPSA) is 54.8 Å². The monoisotopic (exact) mass is 716 g/mol. The first-order valence-corrected chi connectivity index (χ1v) is 19.0. The molecule has 0 amide bonds. The van der Waals surface area contributed by atoms with E-state index in [1.165, 1.54) is 48.7 Å². The summed E-state index contributed by atoms with van der Waals surface area (Å²) >= 11 is 0. The van der Waals surface area contributed by atoms with Crippen molar-refractivity contribution in [2.45, 2.75) is 6.17 Å². The predicted molar refractivity (Wildman–Crippen MR) is 232 cm³/mol. The molecule has 3 heterocycles. The Morgan fingerprint density at radius 3 is 2.04 bits per heavy atom. The zero-order chi connectivity index (χ0) is 36.7. The third-order valence-corrected chi connectivity index (χ3v) is 11.4. The van der Waals surface area contributed by atoms with Crippen LogP contribution >= 0.6 is 0 Å². The fourth-order valence-corrected chi connectivity index (χ4v) is 8.81. The molecular weight excluding hydrogens is 685 g/mol. The summed E-state index contributed by atoms with van der Waals surface area (Å²) in [5, 5.41) is 15.6. The summed E-state index contributed by atoms with van der Waals surface area (Å²) in [5.74, 6) is 1.44. The first-order chi connectivity index (χ1) is 27.7. The van der Waals surface area contributed by atoms with Gasteiger partial charge >= 0.3 is 0 Å². The molecule has 5 nitrogen and oxygen atoms in total. The minimum Gasteiger partial charge on any atom is -0.456 e. The van der Waals surface area contributed by atoms with Crippen LogP contribution in [0.4, 0.5) is 0 Å². The normalized spacial score (nSPS) is 14.6. The number of aliphatic imine (C=N–C) groups is 2. The third-order valence-electron chi connectivity index (χ3n) is 11.4. The van der Waals surface area contributed by atoms with Crippen LogP contribution in [0.3, 0.4) is 0 Å². The van der Waals surface area contributed by atoms with Gasteiger partial charge in [-0.25, -0.2) is 9.98 Å². The number of aromatic nitrogens is 1. The van der Waals surface area contributed by atoms with E-state index in [0.717, 1.165) is 55.5 Å². The molecule has 0 bridgehead atoms. The molecular formula is C51H32N4O. The van der Waals surface area contributed by atoms with Gasteiger partial charge in [0.1, 0.15) is 23.2 Å². The van der Waals surface area contributed by atoms with Crippen molar-refractivity contribution in [3.05, 3.63) is 199 Å². The molecule has 12 rings (SSSR count). The summed E-state index contributed by atoms with van der Waals surface area (Å²) < 4.78 is 8.73. The van der Waals surface area contributed by atoms with Crippen LogP contribution in [-0.2, 0) is 0 Å². The summed E-state index contributed by atoms with van der Waals surface area (Å²) in [7, 11) is 0. The smallest absolute Gasteiger partial charge is 0.159 e. The van der Waals surface area contributed by atoms with Gasteiger partial charge in [-0.05, 0) is 68.9 Å². The molecule has 0 aliphatic carbocycles. The number of nitrogens with one attached hydrogen (secondary N) is 1. The maximum atomic E-state index is 6.30. The van der Waals surface area contributed by atoms with Crippen molar-refractivity contribution < 1.29 is 4.42 Å². The number of para-hydroxylation sites is 1. The Kier molecular flexibility index (Phi) is 6.63. The molecule has 1 atom stereocenters. The first-order valence-electron chi connectivity index (χ1n) is 19.0. The van der Waals surface area contributed by atoms with E-state index in [2.05, 4.69) is 168 Å². The molecule has 0 saturated carbocycles. The number of hydrogen-bond acceptors (Lipinski definition) is 4. The number of hydrogen-bond donors (Lipinski definition) is 1. The van der Waals surface area contributed by atoms with E-state index >= 15 is 0 Å². The molecule has 262 valence electrons. The summed E-state index contributed by atoms with van der Waals surface area (Å²) in [4.78, 5) is 10.5. The molecule has 1 aliphatic rings. The van der Waals surface area contributed by atoms with E-state index in [1.807, 2.05) is 24.3 Å². The van der Waals surface area contributed by atoms with Gasteiger partial charge < -0.3 is 14.3 Å². The van der Waals surface area contributed by atoms with E-state index in [0.29, 0.717) is 5.84 Å². The highest BCUT2D eigenvalue weighted by atomic mass is 16.3. The predicted octanol–water partition coefficient (Wildman–Crippen LogP) is 12.6. The summed E-state index contributed by atoms with van der Waals surface area (Å²) in [6.45, 7) is 0. The molecule has 11 aromatic rings. The van der Waals surface area contributed by atoms with Crippen LogP contribution in [0.25, 0.3) is 81.7 Å². The lowest BCUT2D eigenvalue weighted by atomic mass is 10.0. The lowest BCUT2D eigenvalue weighted by molar-refractivity contribution is 0.667. The van der Waals surface area contributed by atoms with Crippen LogP contribution in [0, 0.1) is 0 Å². The van der Waals surface area contributed by atoms with Gasteiger partial charge in [0.25, 0.3) is 0 Å². The molecule has 56 heavy (non-hydrogen) atoms. The molecule has 1 aliphatic heterocycles. The Labute approximate surface area is 321 Å². The van der Waals surface area contributed by atoms with Crippen molar-refractivity contribution in [1.29, 1.82) is 0 Å². The van der Waals surface area contributed by atoms with Gasteiger partial charge in [-0.2, -0.15) is 0 Å². The van der Waals surface area contributed by atoms with Gasteiger partial charge in [-0.3, -0.25) is 0 Å². The number of fused-ring (bicyclic) bond motifs is 11. The molecule has 0 radical (unpaired) electrons. The highest BCUT2D eigenvalue weighted by Gasteiger charge is 2.25. The molecule has 0 spiro atoms. The molecule has 5 heteroatoms. The van der Waals surface area contributed by atoms with Crippen molar-refractivity contribution in [3.63, 3.8) is 0 Å². The van der Waals surface area contributed by atoms with Gasteiger partial charge in [-0.15, -0.1) is 0 Å². The van der Waals surface area contributed by atoms with Crippen molar-refractivity contribution in [2.75, 3.05) is 0 Å². The fraction of sp³-hybridized carbons (Fsp3) is 0.0196. The molecule has 9 aromatic carbocycles. The van der Waals surface area contributed by atoms with Gasteiger partial charge in [0.15, 0.2) is 5.84 Å². The lowest BCUT2D eigenvalue weighted by Crippen LogP contribution is -2.33. The molecule has 0 fully saturated rings. The van der Waals surface area contributed by atoms with E-state index < -0.39 is 0 Å². The van der Waals surface area contributed by atoms with Gasteiger partial charge in [-0.1, -0.05) is 146 Å². The molecule has 1 unspecified atom stereocenters. The Hall–Kier alpha value is -7.50. The lowest BCUT2D eigenvalue weighted by Gasteiger charge is -2.24. The zero-order valence-corrected chi connectivity index (χ0v) is 30.1. The average molecular weight is 717 g/mol. The SMILES string of the molecule is c1ccc2cc(C3=NC(c4ccc(-n5c6ccc7ccccc7c6c6ccc7ccccc7c65)cc4)NC(c4cccc5oc6ccccc6c45)=N3)ccc2c1. The van der Waals surface area contributed by atoms with Gasteiger partial charge in [0.2, 0.25) is 0 Å². The minimum atomic E-state index is -0.380. The van der Waals surface area contributed by atoms with Crippen LogP contribution in [0.2, 0.25) is 0 Å². The number of rotatable bonds is 4. The second kappa shape index (κ2) is 12.0. The van der Waals surface area contributed by atoms with Crippen molar-refractivity contribution >= 4 is 87.7 Å². The first kappa shape index (κ1) is 30.9. The largest absolute Gasteiger partial charge is 0.456 e. The second-order valence-corrected chi connectivity index (χ2v) is 14.6. The highest BCUT2D eigenvalue weighted by Crippen LogP contribution is 2.40. The van der Waals surface area contributed by atoms with Crippen molar-refractivity contribution in [1.82, 2.24) is 9.88 Å². The molecule has 1 N–H and O–H groups in total. The summed E-state index contributed by atoms with van der Waals surface area (Å²) in [6.07, 6.45) is -0.380. The maximum absolute atomic E-state index is 6.30. The van der Waals surface area contributed by atoms with E-state index in [-0.39, 0.29) is 6.17 Å². The van der Waals surface area contributed by atoms with Crippen LogP contribution in [0.5, 0.6) is 0 Å². The quantitative estimate of drug-likeness (QED) is 0.197. The minimum absolute atomic E-state index is 0.380. The summed E-state index contributed by atoms with van der Waals surface area (Å²) in [6, 6.07) is 64.5. The fourth-order valence-electron chi connectivity index (χ4n) is 8.81. The third kappa shape index (κ3) is 4.67. The van der Waals surface area contributed by atoms with E-state index in [4.69, 9.17) is 14.4 Å². The number of furan rings is 1.